The summed E-state index contributed by atoms with van der Waals surface area (Å²) in [6.45, 7) is 9.63. The SMILES string of the molecule is CC(C)(C)c1ccc(C(CN)NN2CCCCC2)cc1. The Bertz CT molecular complexity index is 399. The van der Waals surface area contributed by atoms with Crippen LogP contribution in [0.25, 0.3) is 0 Å². The van der Waals surface area contributed by atoms with Crippen LogP contribution in [-0.4, -0.2) is 24.6 Å². The molecule has 3 N–H and O–H groups in total. The van der Waals surface area contributed by atoms with Crippen LogP contribution in [0.3, 0.4) is 0 Å². The third-order valence-electron chi connectivity index (χ3n) is 4.11. The Morgan fingerprint density at radius 1 is 1.10 bits per heavy atom. The molecule has 112 valence electrons. The van der Waals surface area contributed by atoms with Gasteiger partial charge in [-0.05, 0) is 29.4 Å². The largest absolute Gasteiger partial charge is 0.329 e. The summed E-state index contributed by atoms with van der Waals surface area (Å²) < 4.78 is 0. The highest BCUT2D eigenvalue weighted by Crippen LogP contribution is 2.24. The normalized spacial score (nSPS) is 19.0. The lowest BCUT2D eigenvalue weighted by atomic mass is 9.86. The topological polar surface area (TPSA) is 41.3 Å². The molecule has 0 bridgehead atoms. The van der Waals surface area contributed by atoms with E-state index in [4.69, 9.17) is 5.73 Å². The summed E-state index contributed by atoms with van der Waals surface area (Å²) >= 11 is 0. The van der Waals surface area contributed by atoms with E-state index >= 15 is 0 Å². The van der Waals surface area contributed by atoms with Crippen molar-refractivity contribution in [2.24, 2.45) is 5.73 Å². The lowest BCUT2D eigenvalue weighted by Gasteiger charge is -2.31. The van der Waals surface area contributed by atoms with Crippen molar-refractivity contribution in [1.29, 1.82) is 0 Å². The van der Waals surface area contributed by atoms with Crippen LogP contribution < -0.4 is 11.2 Å². The van der Waals surface area contributed by atoms with Gasteiger partial charge in [-0.15, -0.1) is 0 Å². The third-order valence-corrected chi connectivity index (χ3v) is 4.11. The Morgan fingerprint density at radius 3 is 2.20 bits per heavy atom. The highest BCUT2D eigenvalue weighted by molar-refractivity contribution is 5.29. The van der Waals surface area contributed by atoms with Crippen molar-refractivity contribution < 1.29 is 0 Å². The van der Waals surface area contributed by atoms with Crippen LogP contribution in [0.5, 0.6) is 0 Å². The second kappa shape index (κ2) is 6.70. The zero-order valence-corrected chi connectivity index (χ0v) is 13.2. The van der Waals surface area contributed by atoms with Gasteiger partial charge in [0.25, 0.3) is 0 Å². The fraction of sp³-hybridized carbons (Fsp3) is 0.647. The molecule has 1 aliphatic heterocycles. The predicted molar refractivity (Wildman–Crippen MR) is 85.5 cm³/mol. The van der Waals surface area contributed by atoms with Gasteiger partial charge in [0.05, 0.1) is 6.04 Å². The van der Waals surface area contributed by atoms with Crippen LogP contribution in [0.1, 0.15) is 57.2 Å². The van der Waals surface area contributed by atoms with Crippen molar-refractivity contribution >= 4 is 0 Å². The molecule has 0 amide bonds. The minimum absolute atomic E-state index is 0.205. The fourth-order valence-corrected chi connectivity index (χ4v) is 2.72. The van der Waals surface area contributed by atoms with E-state index in [1.165, 1.54) is 30.4 Å². The highest BCUT2D eigenvalue weighted by atomic mass is 15.5. The molecular weight excluding hydrogens is 246 g/mol. The Kier molecular flexibility index (Phi) is 5.19. The first-order valence-electron chi connectivity index (χ1n) is 7.82. The predicted octanol–water partition coefficient (Wildman–Crippen LogP) is 2.97. The lowest BCUT2D eigenvalue weighted by Crippen LogP contribution is -2.45. The van der Waals surface area contributed by atoms with E-state index in [1.807, 2.05) is 0 Å². The average molecular weight is 275 g/mol. The van der Waals surface area contributed by atoms with Crippen molar-refractivity contribution in [3.8, 4) is 0 Å². The van der Waals surface area contributed by atoms with Gasteiger partial charge in [-0.1, -0.05) is 51.5 Å². The molecule has 1 fully saturated rings. The Hall–Kier alpha value is -0.900. The second-order valence-electron chi connectivity index (χ2n) is 6.84. The van der Waals surface area contributed by atoms with Gasteiger partial charge in [0.15, 0.2) is 0 Å². The Morgan fingerprint density at radius 2 is 1.70 bits per heavy atom. The van der Waals surface area contributed by atoms with Crippen LogP contribution >= 0.6 is 0 Å². The van der Waals surface area contributed by atoms with Gasteiger partial charge in [-0.25, -0.2) is 10.4 Å². The summed E-state index contributed by atoms with van der Waals surface area (Å²) in [7, 11) is 0. The highest BCUT2D eigenvalue weighted by Gasteiger charge is 2.17. The summed E-state index contributed by atoms with van der Waals surface area (Å²) in [6.07, 6.45) is 3.92. The maximum atomic E-state index is 5.96. The van der Waals surface area contributed by atoms with Gasteiger partial charge in [0.2, 0.25) is 0 Å². The van der Waals surface area contributed by atoms with Crippen LogP contribution in [-0.2, 0) is 5.41 Å². The molecule has 3 heteroatoms. The molecule has 20 heavy (non-hydrogen) atoms. The molecule has 0 spiro atoms. The minimum Gasteiger partial charge on any atom is -0.329 e. The van der Waals surface area contributed by atoms with E-state index in [2.05, 4.69) is 55.5 Å². The van der Waals surface area contributed by atoms with Gasteiger partial charge < -0.3 is 5.73 Å². The van der Waals surface area contributed by atoms with Gasteiger partial charge in [-0.2, -0.15) is 0 Å². The average Bonchev–Trinajstić information content (AvgIpc) is 2.45. The molecule has 1 aliphatic rings. The molecule has 2 rings (SSSR count). The summed E-state index contributed by atoms with van der Waals surface area (Å²) in [6, 6.07) is 9.12. The Labute approximate surface area is 123 Å². The molecule has 1 aromatic carbocycles. The van der Waals surface area contributed by atoms with Crippen LogP contribution in [0.15, 0.2) is 24.3 Å². The number of nitrogens with two attached hydrogens (primary N) is 1. The second-order valence-corrected chi connectivity index (χ2v) is 6.84. The van der Waals surface area contributed by atoms with E-state index < -0.39 is 0 Å². The maximum Gasteiger partial charge on any atom is 0.0587 e. The molecule has 3 nitrogen and oxygen atoms in total. The summed E-state index contributed by atoms with van der Waals surface area (Å²) in [5.74, 6) is 0. The van der Waals surface area contributed by atoms with Gasteiger partial charge in [0.1, 0.15) is 0 Å². The van der Waals surface area contributed by atoms with Crippen LogP contribution in [0, 0.1) is 0 Å². The molecule has 1 aromatic rings. The first-order valence-corrected chi connectivity index (χ1v) is 7.82. The zero-order valence-electron chi connectivity index (χ0n) is 13.2. The standard InChI is InChI=1S/C17H29N3/c1-17(2,3)15-9-7-14(8-10-15)16(13-18)19-20-11-5-4-6-12-20/h7-10,16,19H,4-6,11-13,18H2,1-3H3. The minimum atomic E-state index is 0.205. The summed E-state index contributed by atoms with van der Waals surface area (Å²) in [5, 5.41) is 2.33. The van der Waals surface area contributed by atoms with Crippen molar-refractivity contribution in [1.82, 2.24) is 10.4 Å². The maximum absolute atomic E-state index is 5.96. The van der Waals surface area contributed by atoms with Crippen LogP contribution in [0.4, 0.5) is 0 Å². The lowest BCUT2D eigenvalue weighted by molar-refractivity contribution is 0.130. The van der Waals surface area contributed by atoms with Crippen molar-refractivity contribution in [3.63, 3.8) is 0 Å². The molecule has 1 atom stereocenters. The Balaban J connectivity index is 2.03. The summed E-state index contributed by atoms with van der Waals surface area (Å²) in [5.41, 5.74) is 12.4. The number of hydrogen-bond acceptors (Lipinski definition) is 3. The quantitative estimate of drug-likeness (QED) is 0.887. The fourth-order valence-electron chi connectivity index (χ4n) is 2.72. The number of hydrazine groups is 1. The number of piperidine rings is 1. The molecular formula is C17H29N3. The van der Waals surface area contributed by atoms with Gasteiger partial charge in [0, 0.05) is 19.6 Å². The number of nitrogens with one attached hydrogen (secondary N) is 1. The van der Waals surface area contributed by atoms with E-state index in [-0.39, 0.29) is 11.5 Å². The molecule has 1 unspecified atom stereocenters. The third kappa shape index (κ3) is 4.05. The van der Waals surface area contributed by atoms with E-state index in [0.29, 0.717) is 6.54 Å². The number of rotatable bonds is 4. The van der Waals surface area contributed by atoms with Crippen LogP contribution in [0.2, 0.25) is 0 Å². The van der Waals surface area contributed by atoms with Crippen molar-refractivity contribution in [3.05, 3.63) is 35.4 Å². The van der Waals surface area contributed by atoms with E-state index in [9.17, 15) is 0 Å². The smallest absolute Gasteiger partial charge is 0.0587 e. The molecule has 0 aromatic heterocycles. The number of hydrogen-bond donors (Lipinski definition) is 2. The molecule has 1 saturated heterocycles. The first kappa shape index (κ1) is 15.5. The zero-order chi connectivity index (χ0) is 14.6. The summed E-state index contributed by atoms with van der Waals surface area (Å²) in [4.78, 5) is 0. The van der Waals surface area contributed by atoms with Crippen molar-refractivity contribution in [2.75, 3.05) is 19.6 Å². The van der Waals surface area contributed by atoms with Gasteiger partial charge in [-0.3, -0.25) is 0 Å². The molecule has 0 radical (unpaired) electrons. The molecule has 1 heterocycles. The van der Waals surface area contributed by atoms with Gasteiger partial charge >= 0.3 is 0 Å². The monoisotopic (exact) mass is 275 g/mol. The molecule has 0 saturated carbocycles. The molecule has 0 aliphatic carbocycles. The number of benzene rings is 1. The van der Waals surface area contributed by atoms with Crippen molar-refractivity contribution in [2.45, 2.75) is 51.5 Å². The number of nitrogens with zero attached hydrogens (tertiary/aromatic N) is 1. The van der Waals surface area contributed by atoms with E-state index in [0.717, 1.165) is 13.1 Å². The first-order chi connectivity index (χ1) is 9.50. The van der Waals surface area contributed by atoms with E-state index in [1.54, 1.807) is 0 Å².